The number of nitrogens with one attached hydrogen (secondary N) is 1. The van der Waals surface area contributed by atoms with Gasteiger partial charge in [0.1, 0.15) is 0 Å². The van der Waals surface area contributed by atoms with Crippen molar-refractivity contribution in [3.8, 4) is 0 Å². The van der Waals surface area contributed by atoms with E-state index in [9.17, 15) is 4.79 Å². The summed E-state index contributed by atoms with van der Waals surface area (Å²) >= 11 is 0. The molecule has 12 heavy (non-hydrogen) atoms. The fourth-order valence-corrected chi connectivity index (χ4v) is 1.31. The highest BCUT2D eigenvalue weighted by atomic mass is 16.1. The molecule has 59 valence electrons. The Morgan fingerprint density at radius 3 is 3.17 bits per heavy atom. The number of aryl methyl sites for hydroxylation is 1. The molecular weight excluding hydrogens is 150 g/mol. The first-order valence-electron chi connectivity index (χ1n) is 3.77. The van der Waals surface area contributed by atoms with Crippen molar-refractivity contribution in [3.63, 3.8) is 0 Å². The lowest BCUT2D eigenvalue weighted by molar-refractivity contribution is 1.28. The molecule has 2 nitrogen and oxygen atoms in total. The Bertz CT molecular complexity index is 470. The maximum atomic E-state index is 11.0. The molecule has 0 amide bonds. The molecule has 1 aromatic carbocycles. The zero-order valence-corrected chi connectivity index (χ0v) is 6.72. The third-order valence-corrected chi connectivity index (χ3v) is 1.89. The largest absolute Gasteiger partial charge is 0.322 e. The Balaban J connectivity index is 2.99. The molecule has 0 unspecified atom stereocenters. The van der Waals surface area contributed by atoms with Gasteiger partial charge in [0.15, 0.2) is 0 Å². The first-order valence-corrected chi connectivity index (χ1v) is 3.77. The van der Waals surface area contributed by atoms with Gasteiger partial charge in [-0.1, -0.05) is 6.07 Å². The second-order valence-electron chi connectivity index (χ2n) is 2.79. The fourth-order valence-electron chi connectivity index (χ4n) is 1.31. The summed E-state index contributed by atoms with van der Waals surface area (Å²) in [7, 11) is 0. The summed E-state index contributed by atoms with van der Waals surface area (Å²) in [5, 5.41) is 1.05. The summed E-state index contributed by atoms with van der Waals surface area (Å²) in [6, 6.07) is 10.1. The van der Waals surface area contributed by atoms with Crippen LogP contribution in [0.3, 0.4) is 0 Å². The first-order chi connectivity index (χ1) is 5.77. The van der Waals surface area contributed by atoms with Gasteiger partial charge in [-0.25, -0.2) is 0 Å². The van der Waals surface area contributed by atoms with Crippen LogP contribution in [0, 0.1) is 13.0 Å². The maximum Gasteiger partial charge on any atom is 0.248 e. The van der Waals surface area contributed by atoms with Crippen LogP contribution in [-0.4, -0.2) is 4.98 Å². The molecule has 0 bridgehead atoms. The summed E-state index contributed by atoms with van der Waals surface area (Å²) in [6.07, 6.45) is 0. The summed E-state index contributed by atoms with van der Waals surface area (Å²) in [5.41, 5.74) is 1.82. The molecule has 0 atom stereocenters. The Hall–Kier alpha value is -1.57. The number of hydrogen-bond acceptors (Lipinski definition) is 1. The first kappa shape index (κ1) is 7.10. The highest BCUT2D eigenvalue weighted by Crippen LogP contribution is 2.11. The molecule has 1 N–H and O–H groups in total. The maximum absolute atomic E-state index is 11.0. The van der Waals surface area contributed by atoms with Crippen molar-refractivity contribution in [2.24, 2.45) is 0 Å². The molecule has 1 heterocycles. The van der Waals surface area contributed by atoms with Crippen molar-refractivity contribution in [1.29, 1.82) is 0 Å². The van der Waals surface area contributed by atoms with Crippen LogP contribution in [0.4, 0.5) is 0 Å². The number of hydrogen-bond donors (Lipinski definition) is 1. The minimum atomic E-state index is -0.0498. The summed E-state index contributed by atoms with van der Waals surface area (Å²) in [6.45, 7) is 1.92. The van der Waals surface area contributed by atoms with Gasteiger partial charge in [-0.05, 0) is 30.7 Å². The van der Waals surface area contributed by atoms with E-state index in [1.807, 2.05) is 19.1 Å². The van der Waals surface area contributed by atoms with E-state index in [-0.39, 0.29) is 5.56 Å². The third-order valence-electron chi connectivity index (χ3n) is 1.89. The monoisotopic (exact) mass is 158 g/mol. The molecule has 1 aromatic heterocycles. The molecule has 0 fully saturated rings. The summed E-state index contributed by atoms with van der Waals surface area (Å²) in [5.74, 6) is 0. The molecule has 0 spiro atoms. The molecule has 2 rings (SSSR count). The highest BCUT2D eigenvalue weighted by molar-refractivity contribution is 5.81. The van der Waals surface area contributed by atoms with E-state index in [1.165, 1.54) is 0 Å². The lowest BCUT2D eigenvalue weighted by Crippen LogP contribution is -2.04. The van der Waals surface area contributed by atoms with Crippen LogP contribution in [0.15, 0.2) is 29.1 Å². The summed E-state index contributed by atoms with van der Waals surface area (Å²) < 4.78 is 0. The molecule has 2 heteroatoms. The average Bonchev–Trinajstić information content (AvgIpc) is 2.04. The lowest BCUT2D eigenvalue weighted by Gasteiger charge is -1.98. The Labute approximate surface area is 69.9 Å². The minimum absolute atomic E-state index is 0.0498. The van der Waals surface area contributed by atoms with Gasteiger partial charge in [-0.3, -0.25) is 4.79 Å². The van der Waals surface area contributed by atoms with Crippen molar-refractivity contribution in [3.05, 3.63) is 46.2 Å². The normalized spacial score (nSPS) is 10.4. The number of H-pyrrole nitrogens is 1. The predicted octanol–water partition coefficient (Wildman–Crippen LogP) is 1.64. The van der Waals surface area contributed by atoms with E-state index in [1.54, 1.807) is 12.1 Å². The van der Waals surface area contributed by atoms with Crippen molar-refractivity contribution in [2.75, 3.05) is 0 Å². The second-order valence-corrected chi connectivity index (χ2v) is 2.79. The number of benzene rings is 1. The van der Waals surface area contributed by atoms with Crippen LogP contribution >= 0.6 is 0 Å². The Morgan fingerprint density at radius 2 is 2.33 bits per heavy atom. The van der Waals surface area contributed by atoms with Crippen molar-refractivity contribution in [1.82, 2.24) is 4.98 Å². The topological polar surface area (TPSA) is 32.9 Å². The fraction of sp³-hybridized carbons (Fsp3) is 0.100. The second kappa shape index (κ2) is 2.48. The predicted molar refractivity (Wildman–Crippen MR) is 48.1 cm³/mol. The quantitative estimate of drug-likeness (QED) is 0.621. The number of pyridine rings is 1. The molecule has 2 aromatic rings. The molecule has 0 saturated carbocycles. The van der Waals surface area contributed by atoms with Crippen molar-refractivity contribution < 1.29 is 0 Å². The highest BCUT2D eigenvalue weighted by Gasteiger charge is 1.96. The molecule has 0 aliphatic rings. The number of aromatic nitrogens is 1. The molecule has 0 aliphatic heterocycles. The SMILES string of the molecule is Cc1cc(=O)[nH]c2cc[c]cc12. The molecule has 1 radical (unpaired) electrons. The van der Waals surface area contributed by atoms with Crippen molar-refractivity contribution in [2.45, 2.75) is 6.92 Å². The third kappa shape index (κ3) is 1.01. The van der Waals surface area contributed by atoms with Gasteiger partial charge in [0.25, 0.3) is 0 Å². The van der Waals surface area contributed by atoms with Gasteiger partial charge in [-0.2, -0.15) is 0 Å². The van der Waals surface area contributed by atoms with Crippen LogP contribution in [0.5, 0.6) is 0 Å². The van der Waals surface area contributed by atoms with E-state index < -0.39 is 0 Å². The van der Waals surface area contributed by atoms with Gasteiger partial charge in [0.2, 0.25) is 5.56 Å². The van der Waals surface area contributed by atoms with Gasteiger partial charge in [-0.15, -0.1) is 0 Å². The van der Waals surface area contributed by atoms with Crippen LogP contribution in [0.1, 0.15) is 5.56 Å². The van der Waals surface area contributed by atoms with E-state index in [0.717, 1.165) is 16.5 Å². The number of fused-ring (bicyclic) bond motifs is 1. The van der Waals surface area contributed by atoms with Crippen LogP contribution in [-0.2, 0) is 0 Å². The van der Waals surface area contributed by atoms with E-state index in [4.69, 9.17) is 0 Å². The van der Waals surface area contributed by atoms with Gasteiger partial charge in [0.05, 0.1) is 0 Å². The van der Waals surface area contributed by atoms with Crippen LogP contribution in [0.2, 0.25) is 0 Å². The van der Waals surface area contributed by atoms with Crippen LogP contribution < -0.4 is 5.56 Å². The van der Waals surface area contributed by atoms with E-state index >= 15 is 0 Å². The van der Waals surface area contributed by atoms with Gasteiger partial charge >= 0.3 is 0 Å². The smallest absolute Gasteiger partial charge is 0.248 e. The van der Waals surface area contributed by atoms with E-state index in [2.05, 4.69) is 11.1 Å². The number of rotatable bonds is 0. The average molecular weight is 158 g/mol. The zero-order valence-electron chi connectivity index (χ0n) is 6.72. The lowest BCUT2D eigenvalue weighted by atomic mass is 10.1. The Morgan fingerprint density at radius 1 is 1.50 bits per heavy atom. The zero-order chi connectivity index (χ0) is 8.55. The minimum Gasteiger partial charge on any atom is -0.322 e. The summed E-state index contributed by atoms with van der Waals surface area (Å²) in [4.78, 5) is 13.8. The molecular formula is C10H8NO. The molecule has 0 saturated heterocycles. The Kier molecular flexibility index (Phi) is 1.47. The van der Waals surface area contributed by atoms with Crippen LogP contribution in [0.25, 0.3) is 10.9 Å². The van der Waals surface area contributed by atoms with Gasteiger partial charge < -0.3 is 4.98 Å². The van der Waals surface area contributed by atoms with Crippen molar-refractivity contribution >= 4 is 10.9 Å². The number of aromatic amines is 1. The standard InChI is InChI=1S/C10H8NO/c1-7-6-10(12)11-9-5-3-2-4-8(7)9/h3-6H,1H3,(H,11,12). The van der Waals surface area contributed by atoms with Gasteiger partial charge in [0, 0.05) is 17.0 Å². The van der Waals surface area contributed by atoms with E-state index in [0.29, 0.717) is 0 Å². The molecule has 0 aliphatic carbocycles.